The number of benzene rings is 1. The molecule has 0 aliphatic carbocycles. The molecule has 0 saturated heterocycles. The van der Waals surface area contributed by atoms with E-state index >= 15 is 0 Å². The molecule has 1 heterocycles. The van der Waals surface area contributed by atoms with Crippen molar-refractivity contribution in [3.63, 3.8) is 0 Å². The van der Waals surface area contributed by atoms with E-state index in [9.17, 15) is 9.59 Å². The van der Waals surface area contributed by atoms with Crippen LogP contribution in [0, 0.1) is 0 Å². The molecular weight excluding hydrogens is 216 g/mol. The first-order valence-corrected chi connectivity index (χ1v) is 4.84. The van der Waals surface area contributed by atoms with Gasteiger partial charge in [0.2, 0.25) is 0 Å². The molecule has 0 aliphatic rings. The number of rotatable bonds is 1. The molecule has 0 bridgehead atoms. The molecule has 6 heteroatoms. The van der Waals surface area contributed by atoms with E-state index in [-0.39, 0.29) is 0 Å². The fraction of sp³-hybridized carbons (Fsp3) is 0. The van der Waals surface area contributed by atoms with Crippen molar-refractivity contribution in [1.82, 2.24) is 4.37 Å². The summed E-state index contributed by atoms with van der Waals surface area (Å²) in [6.45, 7) is 0. The maximum atomic E-state index is 10.9. The number of nitrogens with one attached hydrogen (secondary N) is 1. The quantitative estimate of drug-likeness (QED) is 0.713. The highest BCUT2D eigenvalue weighted by Crippen LogP contribution is 2.25. The van der Waals surface area contributed by atoms with Crippen LogP contribution in [0.1, 0.15) is 0 Å². The van der Waals surface area contributed by atoms with Gasteiger partial charge in [0.25, 0.3) is 0 Å². The third kappa shape index (κ3) is 1.79. The summed E-state index contributed by atoms with van der Waals surface area (Å²) in [5.41, 5.74) is 0. The van der Waals surface area contributed by atoms with Gasteiger partial charge in [0, 0.05) is 5.39 Å². The Labute approximate surface area is 88.5 Å². The number of carboxylic acids is 1. The van der Waals surface area contributed by atoms with E-state index in [4.69, 9.17) is 5.11 Å². The minimum absolute atomic E-state index is 0.294. The first-order chi connectivity index (χ1) is 7.18. The van der Waals surface area contributed by atoms with Gasteiger partial charge in [0.1, 0.15) is 0 Å². The number of fused-ring (bicyclic) bond motifs is 1. The van der Waals surface area contributed by atoms with Crippen LogP contribution in [0.3, 0.4) is 0 Å². The summed E-state index contributed by atoms with van der Waals surface area (Å²) in [6, 6.07) is 7.27. The summed E-state index contributed by atoms with van der Waals surface area (Å²) in [6.07, 6.45) is 0. The van der Waals surface area contributed by atoms with Gasteiger partial charge < -0.3 is 5.11 Å². The zero-order valence-corrected chi connectivity index (χ0v) is 8.25. The van der Waals surface area contributed by atoms with Gasteiger partial charge in [0.15, 0.2) is 5.82 Å². The molecule has 5 nitrogen and oxygen atoms in total. The average molecular weight is 222 g/mol. The molecular formula is C9H6N2O3S. The second-order valence-electron chi connectivity index (χ2n) is 2.79. The van der Waals surface area contributed by atoms with E-state index in [1.165, 1.54) is 11.5 Å². The number of anilines is 1. The van der Waals surface area contributed by atoms with Crippen molar-refractivity contribution in [2.75, 3.05) is 5.32 Å². The second kappa shape index (κ2) is 3.66. The van der Waals surface area contributed by atoms with Crippen LogP contribution in [-0.4, -0.2) is 21.4 Å². The van der Waals surface area contributed by atoms with E-state index in [1.807, 2.05) is 12.1 Å². The standard InChI is InChI=1S/C9H6N2O3S/c12-8(9(13)14)10-7-5-3-1-2-4-6(5)15-11-7/h1-4H,(H,13,14)(H,10,11,12). The lowest BCUT2D eigenvalue weighted by molar-refractivity contribution is -0.147. The number of aromatic nitrogens is 1. The van der Waals surface area contributed by atoms with Crippen molar-refractivity contribution >= 4 is 39.3 Å². The largest absolute Gasteiger partial charge is 0.474 e. The number of amides is 1. The average Bonchev–Trinajstić information content (AvgIpc) is 2.62. The number of carbonyl (C=O) groups is 2. The fourth-order valence-electron chi connectivity index (χ4n) is 1.14. The second-order valence-corrected chi connectivity index (χ2v) is 3.59. The van der Waals surface area contributed by atoms with Crippen LogP contribution in [-0.2, 0) is 9.59 Å². The summed E-state index contributed by atoms with van der Waals surface area (Å²) in [5.74, 6) is -2.30. The van der Waals surface area contributed by atoms with Gasteiger partial charge in [-0.2, -0.15) is 4.37 Å². The van der Waals surface area contributed by atoms with Crippen molar-refractivity contribution in [2.24, 2.45) is 0 Å². The summed E-state index contributed by atoms with van der Waals surface area (Å²) >= 11 is 1.21. The van der Waals surface area contributed by atoms with Crippen molar-refractivity contribution in [3.05, 3.63) is 24.3 Å². The fourth-order valence-corrected chi connectivity index (χ4v) is 1.87. The highest BCUT2D eigenvalue weighted by molar-refractivity contribution is 7.13. The van der Waals surface area contributed by atoms with E-state index in [0.29, 0.717) is 5.82 Å². The minimum atomic E-state index is -1.52. The molecule has 0 saturated carbocycles. The Kier molecular flexibility index (Phi) is 2.34. The molecule has 76 valence electrons. The molecule has 0 spiro atoms. The molecule has 2 aromatic rings. The van der Waals surface area contributed by atoms with Crippen LogP contribution in [0.5, 0.6) is 0 Å². The Morgan fingerprint density at radius 1 is 1.33 bits per heavy atom. The minimum Gasteiger partial charge on any atom is -0.474 e. The van der Waals surface area contributed by atoms with Crippen molar-refractivity contribution < 1.29 is 14.7 Å². The lowest BCUT2D eigenvalue weighted by Crippen LogP contribution is -2.21. The molecule has 2 N–H and O–H groups in total. The predicted molar refractivity (Wildman–Crippen MR) is 55.9 cm³/mol. The first-order valence-electron chi connectivity index (χ1n) is 4.07. The number of aliphatic carboxylic acids is 1. The molecule has 1 amide bonds. The Morgan fingerprint density at radius 3 is 2.80 bits per heavy atom. The van der Waals surface area contributed by atoms with Crippen LogP contribution in [0.2, 0.25) is 0 Å². The van der Waals surface area contributed by atoms with Gasteiger partial charge in [-0.25, -0.2) is 4.79 Å². The number of carbonyl (C=O) groups excluding carboxylic acids is 1. The molecule has 0 radical (unpaired) electrons. The smallest absolute Gasteiger partial charge is 0.394 e. The van der Waals surface area contributed by atoms with E-state index in [1.54, 1.807) is 12.1 Å². The SMILES string of the molecule is O=C(O)C(=O)Nc1nsc2ccccc12. The predicted octanol–water partition coefficient (Wildman–Crippen LogP) is 1.32. The Hall–Kier alpha value is -1.95. The van der Waals surface area contributed by atoms with Crippen LogP contribution in [0.4, 0.5) is 5.82 Å². The van der Waals surface area contributed by atoms with Gasteiger partial charge in [-0.1, -0.05) is 12.1 Å². The number of hydrogen-bond acceptors (Lipinski definition) is 4. The molecule has 0 fully saturated rings. The lowest BCUT2D eigenvalue weighted by atomic mass is 10.2. The normalized spacial score (nSPS) is 10.1. The first kappa shape index (κ1) is 9.60. The van der Waals surface area contributed by atoms with Crippen molar-refractivity contribution in [2.45, 2.75) is 0 Å². The Bertz CT molecular complexity index is 535. The van der Waals surface area contributed by atoms with Crippen LogP contribution < -0.4 is 5.32 Å². The zero-order valence-electron chi connectivity index (χ0n) is 7.43. The molecule has 0 aliphatic heterocycles. The van der Waals surface area contributed by atoms with Crippen LogP contribution in [0.25, 0.3) is 10.1 Å². The molecule has 15 heavy (non-hydrogen) atoms. The van der Waals surface area contributed by atoms with E-state index in [2.05, 4.69) is 9.69 Å². The Morgan fingerprint density at radius 2 is 2.07 bits per heavy atom. The van der Waals surface area contributed by atoms with Gasteiger partial charge in [-0.3, -0.25) is 10.1 Å². The van der Waals surface area contributed by atoms with Gasteiger partial charge in [-0.15, -0.1) is 0 Å². The van der Waals surface area contributed by atoms with Gasteiger partial charge >= 0.3 is 11.9 Å². The lowest BCUT2D eigenvalue weighted by Gasteiger charge is -1.96. The molecule has 1 aromatic heterocycles. The molecule has 2 rings (SSSR count). The van der Waals surface area contributed by atoms with Crippen molar-refractivity contribution in [1.29, 1.82) is 0 Å². The maximum absolute atomic E-state index is 10.9. The van der Waals surface area contributed by atoms with Gasteiger partial charge in [0.05, 0.1) is 4.70 Å². The third-order valence-electron chi connectivity index (χ3n) is 1.80. The molecule has 1 aromatic carbocycles. The highest BCUT2D eigenvalue weighted by atomic mass is 32.1. The topological polar surface area (TPSA) is 79.3 Å². The highest BCUT2D eigenvalue weighted by Gasteiger charge is 2.14. The van der Waals surface area contributed by atoms with Gasteiger partial charge in [-0.05, 0) is 23.7 Å². The monoisotopic (exact) mass is 222 g/mol. The zero-order chi connectivity index (χ0) is 10.8. The molecule has 0 atom stereocenters. The molecule has 0 unspecified atom stereocenters. The third-order valence-corrected chi connectivity index (χ3v) is 2.63. The summed E-state index contributed by atoms with van der Waals surface area (Å²) in [5, 5.41) is 11.4. The summed E-state index contributed by atoms with van der Waals surface area (Å²) in [4.78, 5) is 21.2. The van der Waals surface area contributed by atoms with Crippen molar-refractivity contribution in [3.8, 4) is 0 Å². The summed E-state index contributed by atoms with van der Waals surface area (Å²) < 4.78 is 4.87. The summed E-state index contributed by atoms with van der Waals surface area (Å²) in [7, 11) is 0. The maximum Gasteiger partial charge on any atom is 0.394 e. The van der Waals surface area contributed by atoms with E-state index in [0.717, 1.165) is 10.1 Å². The van der Waals surface area contributed by atoms with Crippen LogP contribution >= 0.6 is 11.5 Å². The number of carboxylic acid groups (broad SMARTS) is 1. The number of hydrogen-bond donors (Lipinski definition) is 2. The van der Waals surface area contributed by atoms with Crippen LogP contribution in [0.15, 0.2) is 24.3 Å². The van der Waals surface area contributed by atoms with E-state index < -0.39 is 11.9 Å². The Balaban J connectivity index is 2.37. The number of nitrogens with zero attached hydrogens (tertiary/aromatic N) is 1.